The monoisotopic (exact) mass is 173 g/mol. The van der Waals surface area contributed by atoms with Gasteiger partial charge < -0.3 is 5.32 Å². The van der Waals surface area contributed by atoms with E-state index in [9.17, 15) is 0 Å². The van der Waals surface area contributed by atoms with Crippen molar-refractivity contribution in [2.45, 2.75) is 12.8 Å². The quantitative estimate of drug-likeness (QED) is 0.724. The van der Waals surface area contributed by atoms with Crippen LogP contribution in [-0.4, -0.2) is 6.54 Å². The normalized spacial score (nSPS) is 21.1. The predicted octanol–water partition coefficient (Wildman–Crippen LogP) is 2.35. The third kappa shape index (κ3) is 2.35. The van der Waals surface area contributed by atoms with Crippen LogP contribution in [0.3, 0.4) is 0 Å². The highest BCUT2D eigenvalue weighted by Gasteiger charge is 2.09. The van der Waals surface area contributed by atoms with Gasteiger partial charge in [-0.15, -0.1) is 0 Å². The molecule has 2 rings (SSSR count). The average Bonchev–Trinajstić information content (AvgIpc) is 2.21. The van der Waals surface area contributed by atoms with Gasteiger partial charge in [0.15, 0.2) is 0 Å². The molecule has 1 unspecified atom stereocenters. The van der Waals surface area contributed by atoms with Crippen LogP contribution in [0.15, 0.2) is 42.6 Å². The third-order valence-electron chi connectivity index (χ3n) is 2.48. The van der Waals surface area contributed by atoms with E-state index in [2.05, 4.69) is 47.9 Å². The summed E-state index contributed by atoms with van der Waals surface area (Å²) in [6, 6.07) is 10.7. The maximum absolute atomic E-state index is 3.27. The van der Waals surface area contributed by atoms with Gasteiger partial charge in [-0.25, -0.2) is 0 Å². The van der Waals surface area contributed by atoms with Gasteiger partial charge in [-0.3, -0.25) is 0 Å². The van der Waals surface area contributed by atoms with E-state index in [4.69, 9.17) is 0 Å². The second-order valence-corrected chi connectivity index (χ2v) is 3.60. The molecule has 1 aromatic rings. The highest BCUT2D eigenvalue weighted by Crippen LogP contribution is 2.14. The fourth-order valence-electron chi connectivity index (χ4n) is 1.76. The molecule has 0 radical (unpaired) electrons. The zero-order valence-electron chi connectivity index (χ0n) is 7.74. The molecule has 1 heteroatoms. The Labute approximate surface area is 79.5 Å². The minimum absolute atomic E-state index is 0.771. The van der Waals surface area contributed by atoms with Gasteiger partial charge in [0.2, 0.25) is 0 Å². The van der Waals surface area contributed by atoms with Crippen molar-refractivity contribution in [3.05, 3.63) is 48.2 Å². The standard InChI is InChI=1S/C12H15N/c1-2-5-11(6-3-1)9-12-7-4-8-13-10-12/h1-6,8,12-13H,7,9-10H2. The van der Waals surface area contributed by atoms with E-state index in [-0.39, 0.29) is 0 Å². The summed E-state index contributed by atoms with van der Waals surface area (Å²) in [7, 11) is 0. The Morgan fingerprint density at radius 1 is 1.23 bits per heavy atom. The Morgan fingerprint density at radius 2 is 2.08 bits per heavy atom. The van der Waals surface area contributed by atoms with Crippen LogP contribution in [-0.2, 0) is 6.42 Å². The maximum Gasteiger partial charge on any atom is 0.0175 e. The van der Waals surface area contributed by atoms with Crippen LogP contribution in [0, 0.1) is 5.92 Å². The van der Waals surface area contributed by atoms with Gasteiger partial charge in [-0.05, 0) is 30.5 Å². The molecule has 1 heterocycles. The molecule has 1 atom stereocenters. The minimum Gasteiger partial charge on any atom is -0.391 e. The van der Waals surface area contributed by atoms with Crippen LogP contribution in [0.1, 0.15) is 12.0 Å². The molecule has 0 saturated carbocycles. The number of hydrogen-bond donors (Lipinski definition) is 1. The number of rotatable bonds is 2. The first-order valence-corrected chi connectivity index (χ1v) is 4.87. The highest BCUT2D eigenvalue weighted by molar-refractivity contribution is 5.15. The number of hydrogen-bond acceptors (Lipinski definition) is 1. The Bertz CT molecular complexity index is 276. The molecule has 1 aliphatic heterocycles. The van der Waals surface area contributed by atoms with Gasteiger partial charge in [0.25, 0.3) is 0 Å². The molecule has 0 saturated heterocycles. The maximum atomic E-state index is 3.27. The van der Waals surface area contributed by atoms with E-state index < -0.39 is 0 Å². The van der Waals surface area contributed by atoms with Crippen molar-refractivity contribution >= 4 is 0 Å². The van der Waals surface area contributed by atoms with Crippen LogP contribution >= 0.6 is 0 Å². The molecule has 0 bridgehead atoms. The minimum atomic E-state index is 0.771. The summed E-state index contributed by atoms with van der Waals surface area (Å²) < 4.78 is 0. The molecule has 0 aliphatic carbocycles. The Kier molecular flexibility index (Phi) is 2.65. The molecule has 1 aromatic carbocycles. The van der Waals surface area contributed by atoms with Crippen LogP contribution in [0.5, 0.6) is 0 Å². The molecule has 0 aromatic heterocycles. The van der Waals surface area contributed by atoms with Crippen molar-refractivity contribution in [2.24, 2.45) is 5.92 Å². The van der Waals surface area contributed by atoms with Crippen LogP contribution in [0.4, 0.5) is 0 Å². The number of nitrogens with one attached hydrogen (secondary N) is 1. The van der Waals surface area contributed by atoms with Crippen molar-refractivity contribution in [3.63, 3.8) is 0 Å². The Balaban J connectivity index is 1.94. The molecule has 0 fully saturated rings. The lowest BCUT2D eigenvalue weighted by molar-refractivity contribution is 0.492. The fourth-order valence-corrected chi connectivity index (χ4v) is 1.76. The van der Waals surface area contributed by atoms with E-state index in [1.807, 2.05) is 0 Å². The van der Waals surface area contributed by atoms with Gasteiger partial charge in [0.05, 0.1) is 0 Å². The second kappa shape index (κ2) is 4.13. The zero-order valence-corrected chi connectivity index (χ0v) is 7.74. The van der Waals surface area contributed by atoms with Crippen LogP contribution < -0.4 is 5.32 Å². The van der Waals surface area contributed by atoms with E-state index in [1.54, 1.807) is 0 Å². The Morgan fingerprint density at radius 3 is 2.77 bits per heavy atom. The smallest absolute Gasteiger partial charge is 0.0175 e. The van der Waals surface area contributed by atoms with E-state index in [1.165, 1.54) is 18.4 Å². The largest absolute Gasteiger partial charge is 0.391 e. The molecule has 68 valence electrons. The van der Waals surface area contributed by atoms with Gasteiger partial charge in [0, 0.05) is 6.54 Å². The Hall–Kier alpha value is -1.24. The van der Waals surface area contributed by atoms with E-state index >= 15 is 0 Å². The summed E-state index contributed by atoms with van der Waals surface area (Å²) in [5.41, 5.74) is 1.45. The van der Waals surface area contributed by atoms with E-state index in [0.29, 0.717) is 0 Å². The summed E-state index contributed by atoms with van der Waals surface area (Å²) in [5.74, 6) is 0.771. The van der Waals surface area contributed by atoms with Crippen molar-refractivity contribution in [1.29, 1.82) is 0 Å². The van der Waals surface area contributed by atoms with Gasteiger partial charge in [-0.2, -0.15) is 0 Å². The van der Waals surface area contributed by atoms with Crippen molar-refractivity contribution in [2.75, 3.05) is 6.54 Å². The highest BCUT2D eigenvalue weighted by atomic mass is 14.8. The molecule has 0 amide bonds. The van der Waals surface area contributed by atoms with Gasteiger partial charge in [0.1, 0.15) is 0 Å². The summed E-state index contributed by atoms with van der Waals surface area (Å²) in [4.78, 5) is 0. The van der Waals surface area contributed by atoms with Crippen molar-refractivity contribution in [3.8, 4) is 0 Å². The first kappa shape index (κ1) is 8.36. The lowest BCUT2D eigenvalue weighted by atomic mass is 9.95. The second-order valence-electron chi connectivity index (χ2n) is 3.60. The van der Waals surface area contributed by atoms with Gasteiger partial charge in [-0.1, -0.05) is 36.4 Å². The molecule has 1 N–H and O–H groups in total. The summed E-state index contributed by atoms with van der Waals surface area (Å²) in [6.07, 6.45) is 6.68. The fraction of sp³-hybridized carbons (Fsp3) is 0.333. The van der Waals surface area contributed by atoms with Gasteiger partial charge >= 0.3 is 0 Å². The lowest BCUT2D eigenvalue weighted by Gasteiger charge is -2.18. The number of benzene rings is 1. The SMILES string of the molecule is C1=CNCC(Cc2ccccc2)C1. The lowest BCUT2D eigenvalue weighted by Crippen LogP contribution is -2.23. The molecule has 1 aliphatic rings. The molecule has 0 spiro atoms. The summed E-state index contributed by atoms with van der Waals surface area (Å²) in [6.45, 7) is 1.12. The predicted molar refractivity (Wildman–Crippen MR) is 55.4 cm³/mol. The summed E-state index contributed by atoms with van der Waals surface area (Å²) in [5, 5.41) is 3.27. The molecular weight excluding hydrogens is 158 g/mol. The van der Waals surface area contributed by atoms with E-state index in [0.717, 1.165) is 12.5 Å². The molecule has 1 nitrogen and oxygen atoms in total. The first-order chi connectivity index (χ1) is 6.45. The van der Waals surface area contributed by atoms with Crippen LogP contribution in [0.2, 0.25) is 0 Å². The third-order valence-corrected chi connectivity index (χ3v) is 2.48. The van der Waals surface area contributed by atoms with Crippen LogP contribution in [0.25, 0.3) is 0 Å². The van der Waals surface area contributed by atoms with Crippen molar-refractivity contribution in [1.82, 2.24) is 5.32 Å². The molecular formula is C12H15N. The molecule has 13 heavy (non-hydrogen) atoms. The van der Waals surface area contributed by atoms with Crippen molar-refractivity contribution < 1.29 is 0 Å². The topological polar surface area (TPSA) is 12.0 Å². The first-order valence-electron chi connectivity index (χ1n) is 4.87. The summed E-state index contributed by atoms with van der Waals surface area (Å²) >= 11 is 0. The zero-order chi connectivity index (χ0) is 8.93. The average molecular weight is 173 g/mol. The number of allylic oxidation sites excluding steroid dienone is 1.